The minimum Gasteiger partial charge on any atom is -0.381 e. The molecule has 0 atom stereocenters. The van der Waals surface area contributed by atoms with Gasteiger partial charge in [0.15, 0.2) is 0 Å². The molecule has 0 saturated carbocycles. The van der Waals surface area contributed by atoms with Crippen LogP contribution in [0.25, 0.3) is 0 Å². The molecule has 0 N–H and O–H groups in total. The first-order valence-corrected chi connectivity index (χ1v) is 5.58. The Kier molecular flexibility index (Phi) is 2.79. The van der Waals surface area contributed by atoms with Gasteiger partial charge in [0.05, 0.1) is 13.2 Å². The minimum atomic E-state index is 0.194. The van der Waals surface area contributed by atoms with Crippen LogP contribution in [-0.4, -0.2) is 18.2 Å². The number of aromatic nitrogens is 1. The van der Waals surface area contributed by atoms with Gasteiger partial charge in [0.1, 0.15) is 0 Å². The second-order valence-corrected chi connectivity index (χ2v) is 5.44. The molecule has 0 bridgehead atoms. The van der Waals surface area contributed by atoms with Gasteiger partial charge in [-0.05, 0) is 23.0 Å². The molecule has 1 fully saturated rings. The van der Waals surface area contributed by atoms with Crippen LogP contribution in [-0.2, 0) is 16.6 Å². The van der Waals surface area contributed by atoms with E-state index in [0.717, 1.165) is 19.6 Å². The van der Waals surface area contributed by atoms with E-state index in [1.54, 1.807) is 0 Å². The number of ether oxygens (including phenoxy) is 1. The Morgan fingerprint density at radius 1 is 1.33 bits per heavy atom. The molecule has 15 heavy (non-hydrogen) atoms. The monoisotopic (exact) mass is 205 g/mol. The first-order valence-electron chi connectivity index (χ1n) is 5.58. The topological polar surface area (TPSA) is 22.1 Å². The average molecular weight is 205 g/mol. The van der Waals surface area contributed by atoms with Crippen LogP contribution in [0.4, 0.5) is 0 Å². The van der Waals surface area contributed by atoms with Crippen molar-refractivity contribution >= 4 is 0 Å². The van der Waals surface area contributed by atoms with E-state index in [2.05, 4.69) is 31.8 Å². The zero-order valence-electron chi connectivity index (χ0n) is 9.79. The quantitative estimate of drug-likeness (QED) is 0.740. The van der Waals surface area contributed by atoms with Crippen molar-refractivity contribution in [1.29, 1.82) is 0 Å². The van der Waals surface area contributed by atoms with Gasteiger partial charge < -0.3 is 4.74 Å². The van der Waals surface area contributed by atoms with Gasteiger partial charge in [-0.1, -0.05) is 26.8 Å². The van der Waals surface area contributed by atoms with Crippen LogP contribution in [0.5, 0.6) is 0 Å². The molecule has 2 nitrogen and oxygen atoms in total. The summed E-state index contributed by atoms with van der Waals surface area (Å²) in [5.74, 6) is 0.710. The molecule has 82 valence electrons. The van der Waals surface area contributed by atoms with E-state index in [1.165, 1.54) is 11.1 Å². The Labute approximate surface area is 91.7 Å². The van der Waals surface area contributed by atoms with Gasteiger partial charge in [-0.25, -0.2) is 0 Å². The number of nitrogens with zero attached hydrogens (tertiary/aromatic N) is 1. The summed E-state index contributed by atoms with van der Waals surface area (Å²) in [5.41, 5.74) is 2.86. The highest BCUT2D eigenvalue weighted by atomic mass is 16.5. The summed E-state index contributed by atoms with van der Waals surface area (Å²) in [6.07, 6.45) is 5.06. The lowest BCUT2D eigenvalue weighted by Gasteiger charge is -2.26. The van der Waals surface area contributed by atoms with E-state index in [1.807, 2.05) is 12.4 Å². The van der Waals surface area contributed by atoms with E-state index in [-0.39, 0.29) is 5.41 Å². The molecule has 0 aliphatic carbocycles. The smallest absolute Gasteiger partial charge is 0.0519 e. The second kappa shape index (κ2) is 3.93. The van der Waals surface area contributed by atoms with Gasteiger partial charge >= 0.3 is 0 Å². The van der Waals surface area contributed by atoms with E-state index in [4.69, 9.17) is 4.74 Å². The maximum atomic E-state index is 5.18. The highest BCUT2D eigenvalue weighted by molar-refractivity contribution is 5.24. The molecule has 0 spiro atoms. The maximum Gasteiger partial charge on any atom is 0.0519 e. The van der Waals surface area contributed by atoms with Crippen LogP contribution >= 0.6 is 0 Å². The normalized spacial score (nSPS) is 17.5. The van der Waals surface area contributed by atoms with Gasteiger partial charge in [0, 0.05) is 18.3 Å². The largest absolute Gasteiger partial charge is 0.381 e. The highest BCUT2D eigenvalue weighted by Gasteiger charge is 2.20. The number of pyridine rings is 1. The molecule has 1 aliphatic heterocycles. The van der Waals surface area contributed by atoms with Crippen molar-refractivity contribution in [1.82, 2.24) is 4.98 Å². The Balaban J connectivity index is 2.11. The lowest BCUT2D eigenvalue weighted by molar-refractivity contribution is -0.0312. The first-order chi connectivity index (χ1) is 7.05. The molecule has 2 rings (SSSR count). The third-order valence-electron chi connectivity index (χ3n) is 2.89. The summed E-state index contributed by atoms with van der Waals surface area (Å²) >= 11 is 0. The molecule has 1 aliphatic rings. The lowest BCUT2D eigenvalue weighted by Crippen LogP contribution is -2.29. The van der Waals surface area contributed by atoms with Crippen molar-refractivity contribution in [3.63, 3.8) is 0 Å². The average Bonchev–Trinajstić information content (AvgIpc) is 2.11. The van der Waals surface area contributed by atoms with Gasteiger partial charge in [-0.2, -0.15) is 0 Å². The number of hydrogen-bond acceptors (Lipinski definition) is 2. The summed E-state index contributed by atoms with van der Waals surface area (Å²) in [6, 6.07) is 2.28. The Morgan fingerprint density at radius 3 is 2.60 bits per heavy atom. The fourth-order valence-electron chi connectivity index (χ4n) is 1.75. The second-order valence-electron chi connectivity index (χ2n) is 5.44. The number of hydrogen-bond donors (Lipinski definition) is 0. The summed E-state index contributed by atoms with van der Waals surface area (Å²) in [4.78, 5) is 4.32. The third-order valence-corrected chi connectivity index (χ3v) is 2.89. The predicted octanol–water partition coefficient (Wildman–Crippen LogP) is 2.57. The minimum absolute atomic E-state index is 0.194. The molecule has 2 heterocycles. The lowest BCUT2D eigenvalue weighted by atomic mass is 9.86. The Bertz CT molecular complexity index is 337. The van der Waals surface area contributed by atoms with Crippen molar-refractivity contribution in [3.8, 4) is 0 Å². The third kappa shape index (κ3) is 2.57. The van der Waals surface area contributed by atoms with Gasteiger partial charge in [-0.15, -0.1) is 0 Å². The molecule has 0 radical (unpaired) electrons. The zero-order valence-corrected chi connectivity index (χ0v) is 9.79. The van der Waals surface area contributed by atoms with Crippen LogP contribution in [0.3, 0.4) is 0 Å². The van der Waals surface area contributed by atoms with Crippen molar-refractivity contribution in [2.24, 2.45) is 5.92 Å². The predicted molar refractivity (Wildman–Crippen MR) is 61.0 cm³/mol. The summed E-state index contributed by atoms with van der Waals surface area (Å²) in [7, 11) is 0. The fraction of sp³-hybridized carbons (Fsp3) is 0.615. The molecule has 0 amide bonds. The van der Waals surface area contributed by atoms with Crippen LogP contribution in [0.2, 0.25) is 0 Å². The van der Waals surface area contributed by atoms with Crippen LogP contribution in [0.1, 0.15) is 31.9 Å². The van der Waals surface area contributed by atoms with Crippen molar-refractivity contribution in [2.75, 3.05) is 13.2 Å². The highest BCUT2D eigenvalue weighted by Crippen LogP contribution is 2.23. The van der Waals surface area contributed by atoms with Crippen LogP contribution < -0.4 is 0 Å². The van der Waals surface area contributed by atoms with Crippen molar-refractivity contribution in [2.45, 2.75) is 32.6 Å². The molecule has 1 aromatic rings. The van der Waals surface area contributed by atoms with E-state index in [0.29, 0.717) is 5.92 Å². The van der Waals surface area contributed by atoms with Crippen LogP contribution in [0.15, 0.2) is 18.5 Å². The first kappa shape index (κ1) is 10.6. The molecular formula is C13H19NO. The zero-order chi connectivity index (χ0) is 10.9. The van der Waals surface area contributed by atoms with E-state index >= 15 is 0 Å². The molecule has 1 aromatic heterocycles. The SMILES string of the molecule is CC(C)(C)c1cncc(CC2COC2)c1. The fourth-order valence-corrected chi connectivity index (χ4v) is 1.75. The van der Waals surface area contributed by atoms with Gasteiger partial charge in [0.25, 0.3) is 0 Å². The van der Waals surface area contributed by atoms with Crippen molar-refractivity contribution < 1.29 is 4.74 Å². The molecule has 0 unspecified atom stereocenters. The Morgan fingerprint density at radius 2 is 2.07 bits per heavy atom. The summed E-state index contributed by atoms with van der Waals surface area (Å²) < 4.78 is 5.18. The van der Waals surface area contributed by atoms with Gasteiger partial charge in [-0.3, -0.25) is 4.98 Å². The van der Waals surface area contributed by atoms with E-state index in [9.17, 15) is 0 Å². The van der Waals surface area contributed by atoms with E-state index < -0.39 is 0 Å². The summed E-state index contributed by atoms with van der Waals surface area (Å²) in [5, 5.41) is 0. The molecular weight excluding hydrogens is 186 g/mol. The Hall–Kier alpha value is -0.890. The maximum absolute atomic E-state index is 5.18. The molecule has 2 heteroatoms. The summed E-state index contributed by atoms with van der Waals surface area (Å²) in [6.45, 7) is 8.50. The van der Waals surface area contributed by atoms with Crippen molar-refractivity contribution in [3.05, 3.63) is 29.6 Å². The number of rotatable bonds is 2. The molecule has 0 aromatic carbocycles. The molecule has 1 saturated heterocycles. The van der Waals surface area contributed by atoms with Crippen LogP contribution in [0, 0.1) is 5.92 Å². The standard InChI is InChI=1S/C13H19NO/c1-13(2,3)12-5-10(6-14-7-12)4-11-8-15-9-11/h5-7,11H,4,8-9H2,1-3H3. The van der Waals surface area contributed by atoms with Gasteiger partial charge in [0.2, 0.25) is 0 Å².